The second kappa shape index (κ2) is 6.45. The van der Waals surface area contributed by atoms with E-state index in [0.717, 1.165) is 0 Å². The maximum atomic E-state index is 12.7. The van der Waals surface area contributed by atoms with Gasteiger partial charge < -0.3 is 14.8 Å². The Morgan fingerprint density at radius 1 is 1.33 bits per heavy atom. The first-order chi connectivity index (χ1) is 11.1. The Balaban J connectivity index is 2.07. The molecule has 2 amide bonds. The van der Waals surface area contributed by atoms with Crippen molar-refractivity contribution in [2.24, 2.45) is 5.92 Å². The monoisotopic (exact) mass is 338 g/mol. The van der Waals surface area contributed by atoms with E-state index in [1.165, 1.54) is 12.0 Å². The zero-order valence-corrected chi connectivity index (χ0v) is 14.8. The molecule has 3 atom stereocenters. The molecule has 2 fully saturated rings. The fourth-order valence-electron chi connectivity index (χ4n) is 3.07. The number of amides is 2. The number of methoxy groups -OCH3 is 1. The van der Waals surface area contributed by atoms with Crippen LogP contribution in [0.25, 0.3) is 0 Å². The van der Waals surface area contributed by atoms with Gasteiger partial charge in [0.05, 0.1) is 7.11 Å². The lowest BCUT2D eigenvalue weighted by molar-refractivity contribution is -0.147. The number of rotatable bonds is 4. The van der Waals surface area contributed by atoms with Crippen molar-refractivity contribution in [1.29, 1.82) is 0 Å². The lowest BCUT2D eigenvalue weighted by atomic mass is 10.1. The molecule has 24 heavy (non-hydrogen) atoms. The third kappa shape index (κ3) is 3.55. The van der Waals surface area contributed by atoms with Gasteiger partial charge in [-0.1, -0.05) is 6.08 Å². The maximum absolute atomic E-state index is 12.7. The van der Waals surface area contributed by atoms with Crippen molar-refractivity contribution in [3.8, 4) is 0 Å². The number of hydrogen-bond donors (Lipinski definition) is 1. The van der Waals surface area contributed by atoms with Gasteiger partial charge in [-0.2, -0.15) is 0 Å². The first kappa shape index (κ1) is 18.3. The van der Waals surface area contributed by atoms with Crippen LogP contribution in [0.2, 0.25) is 0 Å². The summed E-state index contributed by atoms with van der Waals surface area (Å²) < 4.78 is 10.2. The minimum absolute atomic E-state index is 0.148. The second-order valence-corrected chi connectivity index (χ2v) is 7.33. The minimum atomic E-state index is -1.05. The molecular weight excluding hydrogens is 312 g/mol. The molecule has 0 bridgehead atoms. The van der Waals surface area contributed by atoms with Gasteiger partial charge in [0.25, 0.3) is 0 Å². The van der Waals surface area contributed by atoms with E-state index in [9.17, 15) is 14.4 Å². The van der Waals surface area contributed by atoms with Crippen LogP contribution in [0.15, 0.2) is 12.7 Å². The largest absolute Gasteiger partial charge is 0.467 e. The van der Waals surface area contributed by atoms with Crippen LogP contribution in [-0.2, 0) is 19.1 Å². The normalized spacial score (nSPS) is 28.9. The Morgan fingerprint density at radius 3 is 2.50 bits per heavy atom. The van der Waals surface area contributed by atoms with Crippen LogP contribution in [0.5, 0.6) is 0 Å². The van der Waals surface area contributed by atoms with Crippen LogP contribution < -0.4 is 5.32 Å². The van der Waals surface area contributed by atoms with Crippen molar-refractivity contribution in [2.75, 3.05) is 13.7 Å². The molecule has 1 saturated carbocycles. The number of esters is 1. The number of nitrogens with one attached hydrogen (secondary N) is 1. The zero-order valence-electron chi connectivity index (χ0n) is 14.8. The van der Waals surface area contributed by atoms with Crippen molar-refractivity contribution >= 4 is 18.0 Å². The summed E-state index contributed by atoms with van der Waals surface area (Å²) >= 11 is 0. The molecule has 1 unspecified atom stereocenters. The van der Waals surface area contributed by atoms with Crippen LogP contribution in [-0.4, -0.2) is 53.7 Å². The molecule has 0 spiro atoms. The molecule has 0 aromatic carbocycles. The average Bonchev–Trinajstić information content (AvgIpc) is 2.97. The summed E-state index contributed by atoms with van der Waals surface area (Å²) in [7, 11) is 1.29. The fourth-order valence-corrected chi connectivity index (χ4v) is 3.07. The van der Waals surface area contributed by atoms with Gasteiger partial charge in [0.15, 0.2) is 0 Å². The van der Waals surface area contributed by atoms with Gasteiger partial charge in [0.2, 0.25) is 5.91 Å². The van der Waals surface area contributed by atoms with Crippen molar-refractivity contribution < 1.29 is 23.9 Å². The van der Waals surface area contributed by atoms with E-state index >= 15 is 0 Å². The van der Waals surface area contributed by atoms with E-state index in [1.807, 2.05) is 0 Å². The quantitative estimate of drug-likeness (QED) is 0.622. The predicted octanol–water partition coefficient (Wildman–Crippen LogP) is 1.62. The van der Waals surface area contributed by atoms with Crippen molar-refractivity contribution in [3.05, 3.63) is 12.7 Å². The highest BCUT2D eigenvalue weighted by atomic mass is 16.6. The Bertz CT molecular complexity index is 554. The molecule has 1 heterocycles. The van der Waals surface area contributed by atoms with Gasteiger partial charge >= 0.3 is 12.1 Å². The third-order valence-electron chi connectivity index (χ3n) is 4.38. The molecule has 0 radical (unpaired) electrons. The highest BCUT2D eigenvalue weighted by molar-refractivity contribution is 5.94. The summed E-state index contributed by atoms with van der Waals surface area (Å²) in [6.45, 7) is 9.48. The number of carbonyl (C=O) groups excluding carboxylic acids is 3. The summed E-state index contributed by atoms with van der Waals surface area (Å²) in [6, 6.07) is -0.632. The standard InChI is InChI=1S/C17H26N2O5/c1-6-11-10-17(11,14(21)23-5)18-13(20)12-8-7-9-19(12)15(22)24-16(2,3)4/h6,11-12H,1,7-10H2,2-5H3,(H,18,20)/t11-,12+,17?/m1/s1. The van der Waals surface area contributed by atoms with Gasteiger partial charge in [-0.05, 0) is 40.0 Å². The van der Waals surface area contributed by atoms with E-state index in [4.69, 9.17) is 9.47 Å². The van der Waals surface area contributed by atoms with Gasteiger partial charge in [-0.15, -0.1) is 6.58 Å². The molecule has 134 valence electrons. The molecule has 1 N–H and O–H groups in total. The van der Waals surface area contributed by atoms with E-state index in [0.29, 0.717) is 25.8 Å². The van der Waals surface area contributed by atoms with Crippen molar-refractivity contribution in [2.45, 2.75) is 57.2 Å². The van der Waals surface area contributed by atoms with E-state index in [-0.39, 0.29) is 11.8 Å². The molecular formula is C17H26N2O5. The highest BCUT2D eigenvalue weighted by Gasteiger charge is 2.61. The van der Waals surface area contributed by atoms with Crippen LogP contribution in [0.1, 0.15) is 40.0 Å². The lowest BCUT2D eigenvalue weighted by Crippen LogP contribution is -2.53. The summed E-state index contributed by atoms with van der Waals surface area (Å²) in [5.74, 6) is -0.985. The van der Waals surface area contributed by atoms with Crippen LogP contribution in [0.3, 0.4) is 0 Å². The Morgan fingerprint density at radius 2 is 2.00 bits per heavy atom. The number of likely N-dealkylation sites (tertiary alicyclic amines) is 1. The Hall–Kier alpha value is -2.05. The predicted molar refractivity (Wildman–Crippen MR) is 87.2 cm³/mol. The van der Waals surface area contributed by atoms with Gasteiger partial charge in [0.1, 0.15) is 17.2 Å². The highest BCUT2D eigenvalue weighted by Crippen LogP contribution is 2.45. The average molecular weight is 338 g/mol. The van der Waals surface area contributed by atoms with Gasteiger partial charge in [0, 0.05) is 12.5 Å². The molecule has 2 rings (SSSR count). The molecule has 7 heteroatoms. The fraction of sp³-hybridized carbons (Fsp3) is 0.706. The van der Waals surface area contributed by atoms with Crippen LogP contribution in [0.4, 0.5) is 4.79 Å². The number of carbonyl (C=O) groups is 3. The molecule has 1 aliphatic carbocycles. The molecule has 1 aliphatic heterocycles. The molecule has 0 aromatic heterocycles. The third-order valence-corrected chi connectivity index (χ3v) is 4.38. The molecule has 0 aromatic rings. The van der Waals surface area contributed by atoms with Crippen molar-refractivity contribution in [1.82, 2.24) is 10.2 Å². The minimum Gasteiger partial charge on any atom is -0.467 e. The SMILES string of the molecule is C=C[C@@H]1CC1(NC(=O)[C@@H]1CCCN1C(=O)OC(C)(C)C)C(=O)OC. The summed E-state index contributed by atoms with van der Waals surface area (Å²) in [6.07, 6.45) is 2.85. The van der Waals surface area contributed by atoms with Crippen molar-refractivity contribution in [3.63, 3.8) is 0 Å². The van der Waals surface area contributed by atoms with Crippen LogP contribution >= 0.6 is 0 Å². The summed E-state index contributed by atoms with van der Waals surface area (Å²) in [5, 5.41) is 2.77. The number of nitrogens with zero attached hydrogens (tertiary/aromatic N) is 1. The summed E-state index contributed by atoms with van der Waals surface area (Å²) in [5.41, 5.74) is -1.67. The molecule has 2 aliphatic rings. The van der Waals surface area contributed by atoms with E-state index < -0.39 is 29.2 Å². The van der Waals surface area contributed by atoms with Crippen LogP contribution in [0, 0.1) is 5.92 Å². The van der Waals surface area contributed by atoms with Gasteiger partial charge in [-0.25, -0.2) is 9.59 Å². The first-order valence-corrected chi connectivity index (χ1v) is 8.17. The Kier molecular flexibility index (Phi) is 4.92. The molecule has 7 nitrogen and oxygen atoms in total. The first-order valence-electron chi connectivity index (χ1n) is 8.17. The topological polar surface area (TPSA) is 84.9 Å². The Labute approximate surface area is 142 Å². The van der Waals surface area contributed by atoms with E-state index in [2.05, 4.69) is 11.9 Å². The lowest BCUT2D eigenvalue weighted by Gasteiger charge is -2.29. The summed E-state index contributed by atoms with van der Waals surface area (Å²) in [4.78, 5) is 38.4. The number of ether oxygens (including phenoxy) is 2. The van der Waals surface area contributed by atoms with E-state index in [1.54, 1.807) is 26.8 Å². The zero-order chi connectivity index (χ0) is 18.1. The molecule has 1 saturated heterocycles. The van der Waals surface area contributed by atoms with Gasteiger partial charge in [-0.3, -0.25) is 9.69 Å². The second-order valence-electron chi connectivity index (χ2n) is 7.33. The number of hydrogen-bond acceptors (Lipinski definition) is 5. The smallest absolute Gasteiger partial charge is 0.410 e. The maximum Gasteiger partial charge on any atom is 0.410 e.